The highest BCUT2D eigenvalue weighted by Gasteiger charge is 2.26. The van der Waals surface area contributed by atoms with Gasteiger partial charge in [0, 0.05) is 23.9 Å². The minimum atomic E-state index is -3.60. The number of nitrogens with one attached hydrogen (secondary N) is 1. The molecule has 0 amide bonds. The molecule has 0 spiro atoms. The van der Waals surface area contributed by atoms with Crippen molar-refractivity contribution < 1.29 is 8.42 Å². The highest BCUT2D eigenvalue weighted by Crippen LogP contribution is 2.21. The Morgan fingerprint density at radius 3 is 2.91 bits per heavy atom. The maximum atomic E-state index is 12.5. The van der Waals surface area contributed by atoms with E-state index in [1.54, 1.807) is 16.8 Å². The van der Waals surface area contributed by atoms with E-state index < -0.39 is 10.0 Å². The molecule has 3 rings (SSSR count). The number of sulfonamides is 1. The molecule has 0 bridgehead atoms. The molecular weight excluding hydrogens is 336 g/mol. The topological polar surface area (TPSA) is 76.9 Å². The maximum Gasteiger partial charge on any atom is 0.240 e. The Hall–Kier alpha value is -1.44. The Labute approximate surface area is 140 Å². The average molecular weight is 355 g/mol. The molecule has 8 heteroatoms. The van der Waals surface area contributed by atoms with Crippen molar-refractivity contribution in [1.29, 1.82) is 0 Å². The number of nitrogens with zero attached hydrogens (tertiary/aromatic N) is 3. The Morgan fingerprint density at radius 2 is 2.22 bits per heavy atom. The largest absolute Gasteiger partial charge is 0.248 e. The molecule has 0 saturated carbocycles. The van der Waals surface area contributed by atoms with Gasteiger partial charge < -0.3 is 0 Å². The van der Waals surface area contributed by atoms with E-state index in [1.165, 1.54) is 6.07 Å². The first-order valence-corrected chi connectivity index (χ1v) is 9.46. The van der Waals surface area contributed by atoms with Crippen molar-refractivity contribution in [2.24, 2.45) is 0 Å². The molecule has 6 nitrogen and oxygen atoms in total. The van der Waals surface area contributed by atoms with E-state index >= 15 is 0 Å². The highest BCUT2D eigenvalue weighted by atomic mass is 35.5. The molecule has 0 fully saturated rings. The predicted molar refractivity (Wildman–Crippen MR) is 88.0 cm³/mol. The molecule has 1 atom stereocenters. The molecule has 1 aliphatic rings. The summed E-state index contributed by atoms with van der Waals surface area (Å²) in [6.07, 6.45) is 2.20. The molecule has 23 heavy (non-hydrogen) atoms. The van der Waals surface area contributed by atoms with Crippen LogP contribution in [0.4, 0.5) is 0 Å². The number of hydrogen-bond acceptors (Lipinski definition) is 4. The third kappa shape index (κ3) is 3.41. The van der Waals surface area contributed by atoms with Crippen molar-refractivity contribution >= 4 is 21.6 Å². The summed E-state index contributed by atoms with van der Waals surface area (Å²) in [5, 5.41) is 4.84. The molecule has 1 N–H and O–H groups in total. The lowest BCUT2D eigenvalue weighted by Gasteiger charge is -2.23. The van der Waals surface area contributed by atoms with Crippen LogP contribution in [0.15, 0.2) is 23.1 Å². The van der Waals surface area contributed by atoms with Crippen molar-refractivity contribution in [3.05, 3.63) is 40.4 Å². The molecule has 0 unspecified atom stereocenters. The maximum absolute atomic E-state index is 12.5. The lowest BCUT2D eigenvalue weighted by molar-refractivity contribution is 0.394. The van der Waals surface area contributed by atoms with Gasteiger partial charge in [0.2, 0.25) is 10.0 Å². The first-order chi connectivity index (χ1) is 10.9. The Kier molecular flexibility index (Phi) is 4.44. The third-order valence-electron chi connectivity index (χ3n) is 3.99. The van der Waals surface area contributed by atoms with Crippen LogP contribution in [0.25, 0.3) is 0 Å². The van der Waals surface area contributed by atoms with E-state index in [2.05, 4.69) is 14.8 Å². The summed E-state index contributed by atoms with van der Waals surface area (Å²) in [6.45, 7) is 4.34. The highest BCUT2D eigenvalue weighted by molar-refractivity contribution is 7.89. The van der Waals surface area contributed by atoms with E-state index in [1.807, 2.05) is 13.8 Å². The smallest absolute Gasteiger partial charge is 0.240 e. The summed E-state index contributed by atoms with van der Waals surface area (Å²) >= 11 is 6.03. The predicted octanol–water partition coefficient (Wildman–Crippen LogP) is 2.10. The summed E-state index contributed by atoms with van der Waals surface area (Å²) < 4.78 is 29.6. The number of aromatic nitrogens is 3. The lowest BCUT2D eigenvalue weighted by atomic mass is 10.1. The van der Waals surface area contributed by atoms with Gasteiger partial charge in [0.1, 0.15) is 5.82 Å². The second kappa shape index (κ2) is 6.22. The van der Waals surface area contributed by atoms with Gasteiger partial charge in [0.15, 0.2) is 5.82 Å². The van der Waals surface area contributed by atoms with Crippen molar-refractivity contribution in [1.82, 2.24) is 19.5 Å². The molecule has 1 aromatic heterocycles. The van der Waals surface area contributed by atoms with Crippen LogP contribution < -0.4 is 4.72 Å². The zero-order valence-corrected chi connectivity index (χ0v) is 14.7. The number of fused-ring (bicyclic) bond motifs is 1. The summed E-state index contributed by atoms with van der Waals surface area (Å²) in [7, 11) is -3.60. The standard InChI is InChI=1S/C15H19ClN4O2S/c1-3-14-17-15-7-5-11(9-20(15)18-14)19-23(21,22)12-6-4-10(2)13(16)8-12/h4,6,8,11,19H,3,5,7,9H2,1-2H3/t11-/m0/s1. The zero-order chi connectivity index (χ0) is 16.6. The monoisotopic (exact) mass is 354 g/mol. The van der Waals surface area contributed by atoms with Crippen LogP contribution in [-0.4, -0.2) is 29.2 Å². The summed E-state index contributed by atoms with van der Waals surface area (Å²) in [6, 6.07) is 4.57. The van der Waals surface area contributed by atoms with E-state index in [0.717, 1.165) is 30.1 Å². The van der Waals surface area contributed by atoms with Gasteiger partial charge in [-0.25, -0.2) is 22.8 Å². The van der Waals surface area contributed by atoms with E-state index in [4.69, 9.17) is 11.6 Å². The van der Waals surface area contributed by atoms with Crippen LogP contribution in [0, 0.1) is 6.92 Å². The van der Waals surface area contributed by atoms with Gasteiger partial charge in [-0.1, -0.05) is 24.6 Å². The van der Waals surface area contributed by atoms with E-state index in [0.29, 0.717) is 18.0 Å². The number of benzene rings is 1. The van der Waals surface area contributed by atoms with E-state index in [9.17, 15) is 8.42 Å². The molecule has 1 aromatic carbocycles. The SMILES string of the molecule is CCc1nc2n(n1)C[C@@H](NS(=O)(=O)c1ccc(C)c(Cl)c1)CC2. The van der Waals surface area contributed by atoms with Crippen LogP contribution in [0.3, 0.4) is 0 Å². The van der Waals surface area contributed by atoms with Gasteiger partial charge in [-0.3, -0.25) is 0 Å². The van der Waals surface area contributed by atoms with Crippen LogP contribution >= 0.6 is 11.6 Å². The molecule has 124 valence electrons. The fourth-order valence-corrected chi connectivity index (χ4v) is 4.17. The molecule has 2 aromatic rings. The van der Waals surface area contributed by atoms with Gasteiger partial charge in [-0.05, 0) is 31.0 Å². The Bertz CT molecular complexity index is 832. The van der Waals surface area contributed by atoms with Crippen molar-refractivity contribution in [2.75, 3.05) is 0 Å². The Morgan fingerprint density at radius 1 is 1.43 bits per heavy atom. The van der Waals surface area contributed by atoms with Crippen molar-refractivity contribution in [3.8, 4) is 0 Å². The van der Waals surface area contributed by atoms with Crippen LogP contribution in [0.2, 0.25) is 5.02 Å². The van der Waals surface area contributed by atoms with Gasteiger partial charge in [0.05, 0.1) is 11.4 Å². The van der Waals surface area contributed by atoms with Crippen molar-refractivity contribution in [3.63, 3.8) is 0 Å². The fourth-order valence-electron chi connectivity index (χ4n) is 2.63. The van der Waals surface area contributed by atoms with Gasteiger partial charge in [-0.15, -0.1) is 0 Å². The van der Waals surface area contributed by atoms with Crippen LogP contribution in [0.1, 0.15) is 30.6 Å². The van der Waals surface area contributed by atoms with Crippen molar-refractivity contribution in [2.45, 2.75) is 50.6 Å². The zero-order valence-electron chi connectivity index (χ0n) is 13.1. The fraction of sp³-hybridized carbons (Fsp3) is 0.467. The van der Waals surface area contributed by atoms with Crippen LogP contribution in [0.5, 0.6) is 0 Å². The molecular formula is C15H19ClN4O2S. The number of halogens is 1. The first kappa shape index (κ1) is 16.4. The van der Waals surface area contributed by atoms with Gasteiger partial charge >= 0.3 is 0 Å². The summed E-state index contributed by atoms with van der Waals surface area (Å²) in [5.74, 6) is 1.73. The normalized spacial score (nSPS) is 18.0. The molecule has 2 heterocycles. The van der Waals surface area contributed by atoms with Crippen LogP contribution in [-0.2, 0) is 29.4 Å². The third-order valence-corrected chi connectivity index (χ3v) is 5.92. The second-order valence-electron chi connectivity index (χ2n) is 5.75. The van der Waals surface area contributed by atoms with E-state index in [-0.39, 0.29) is 10.9 Å². The number of hydrogen-bond donors (Lipinski definition) is 1. The molecule has 0 saturated heterocycles. The number of aryl methyl sites for hydroxylation is 3. The average Bonchev–Trinajstić information content (AvgIpc) is 2.91. The van der Waals surface area contributed by atoms with Gasteiger partial charge in [-0.2, -0.15) is 5.10 Å². The number of rotatable bonds is 4. The minimum Gasteiger partial charge on any atom is -0.248 e. The second-order valence-corrected chi connectivity index (χ2v) is 7.87. The minimum absolute atomic E-state index is 0.187. The van der Waals surface area contributed by atoms with Gasteiger partial charge in [0.25, 0.3) is 0 Å². The quantitative estimate of drug-likeness (QED) is 0.912. The molecule has 0 aliphatic carbocycles. The Balaban J connectivity index is 1.77. The summed E-state index contributed by atoms with van der Waals surface area (Å²) in [5.41, 5.74) is 0.850. The molecule has 1 aliphatic heterocycles. The first-order valence-electron chi connectivity index (χ1n) is 7.60. The molecule has 0 radical (unpaired) electrons. The summed E-state index contributed by atoms with van der Waals surface area (Å²) in [4.78, 5) is 4.62. The lowest BCUT2D eigenvalue weighted by Crippen LogP contribution is -2.41.